The van der Waals surface area contributed by atoms with Crippen LogP contribution in [0.1, 0.15) is 51.8 Å². The standard InChI is InChI=1S/C29H32ClN3O4S/c1-7-32(8-2)22-14-11-20(23(16-22)36-6)15-24-27(34)33-26(19-9-12-21(30)13-10-19)25(28(35)37-17(3)4)18(5)31-29(33)38-24/h9-17,26H,7-8H2,1-6H3. The summed E-state index contributed by atoms with van der Waals surface area (Å²) in [7, 11) is 1.62. The number of ether oxygens (including phenoxy) is 2. The first-order chi connectivity index (χ1) is 18.2. The number of hydrogen-bond acceptors (Lipinski definition) is 7. The molecule has 0 fully saturated rings. The van der Waals surface area contributed by atoms with Crippen LogP contribution < -0.4 is 24.5 Å². The molecule has 9 heteroatoms. The smallest absolute Gasteiger partial charge is 0.338 e. The maximum atomic E-state index is 13.9. The summed E-state index contributed by atoms with van der Waals surface area (Å²) in [5.74, 6) is 0.177. The van der Waals surface area contributed by atoms with E-state index in [0.29, 0.717) is 31.4 Å². The average Bonchev–Trinajstić information content (AvgIpc) is 3.18. The number of esters is 1. The van der Waals surface area contributed by atoms with Gasteiger partial charge in [-0.1, -0.05) is 35.1 Å². The fourth-order valence-corrected chi connectivity index (χ4v) is 5.73. The van der Waals surface area contributed by atoms with Crippen molar-refractivity contribution in [2.75, 3.05) is 25.1 Å². The highest BCUT2D eigenvalue weighted by molar-refractivity contribution is 7.07. The van der Waals surface area contributed by atoms with E-state index in [-0.39, 0.29) is 11.7 Å². The molecule has 0 radical (unpaired) electrons. The third kappa shape index (κ3) is 5.42. The number of anilines is 1. The summed E-state index contributed by atoms with van der Waals surface area (Å²) in [5, 5.41) is 0.563. The van der Waals surface area contributed by atoms with Crippen molar-refractivity contribution in [2.45, 2.75) is 46.8 Å². The van der Waals surface area contributed by atoms with Crippen molar-refractivity contribution in [1.29, 1.82) is 0 Å². The van der Waals surface area contributed by atoms with Crippen LogP contribution in [0, 0.1) is 0 Å². The van der Waals surface area contributed by atoms with Crippen molar-refractivity contribution < 1.29 is 14.3 Å². The third-order valence-electron chi connectivity index (χ3n) is 6.40. The SMILES string of the molecule is CCN(CC)c1ccc(C=c2sc3n(c2=O)C(c2ccc(Cl)cc2)C(C(=O)OC(C)C)=C(C)N=3)c(OC)c1. The molecule has 0 saturated heterocycles. The van der Waals surface area contributed by atoms with Crippen LogP contribution in [0.2, 0.25) is 5.02 Å². The van der Waals surface area contributed by atoms with E-state index in [1.807, 2.05) is 36.4 Å². The zero-order valence-electron chi connectivity index (χ0n) is 22.4. The van der Waals surface area contributed by atoms with Crippen LogP contribution in [0.3, 0.4) is 0 Å². The molecule has 7 nitrogen and oxygen atoms in total. The van der Waals surface area contributed by atoms with Gasteiger partial charge in [-0.3, -0.25) is 9.36 Å². The van der Waals surface area contributed by atoms with E-state index in [1.54, 1.807) is 44.6 Å². The van der Waals surface area contributed by atoms with Crippen LogP contribution in [-0.2, 0) is 9.53 Å². The number of hydrogen-bond donors (Lipinski definition) is 0. The van der Waals surface area contributed by atoms with Gasteiger partial charge in [-0.2, -0.15) is 0 Å². The summed E-state index contributed by atoms with van der Waals surface area (Å²) in [6.45, 7) is 11.3. The Labute approximate surface area is 231 Å². The van der Waals surface area contributed by atoms with Crippen LogP contribution in [0.25, 0.3) is 6.08 Å². The van der Waals surface area contributed by atoms with Gasteiger partial charge in [-0.05, 0) is 70.5 Å². The Balaban J connectivity index is 1.90. The van der Waals surface area contributed by atoms with Crippen molar-refractivity contribution in [3.8, 4) is 5.75 Å². The van der Waals surface area contributed by atoms with Crippen LogP contribution in [0.5, 0.6) is 5.75 Å². The van der Waals surface area contributed by atoms with Gasteiger partial charge in [0.25, 0.3) is 5.56 Å². The first-order valence-corrected chi connectivity index (χ1v) is 13.8. The maximum Gasteiger partial charge on any atom is 0.338 e. The van der Waals surface area contributed by atoms with Crippen molar-refractivity contribution in [1.82, 2.24) is 4.57 Å². The van der Waals surface area contributed by atoms with Gasteiger partial charge in [-0.25, -0.2) is 9.79 Å². The van der Waals surface area contributed by atoms with E-state index < -0.39 is 12.0 Å². The monoisotopic (exact) mass is 553 g/mol. The highest BCUT2D eigenvalue weighted by atomic mass is 35.5. The highest BCUT2D eigenvalue weighted by Gasteiger charge is 2.33. The second kappa shape index (κ2) is 11.6. The molecule has 1 atom stereocenters. The number of allylic oxidation sites excluding steroid dienone is 1. The number of aromatic nitrogens is 1. The lowest BCUT2D eigenvalue weighted by Gasteiger charge is -2.25. The topological polar surface area (TPSA) is 73.1 Å². The lowest BCUT2D eigenvalue weighted by molar-refractivity contribution is -0.143. The Morgan fingerprint density at radius 2 is 1.87 bits per heavy atom. The van der Waals surface area contributed by atoms with Crippen LogP contribution >= 0.6 is 22.9 Å². The summed E-state index contributed by atoms with van der Waals surface area (Å²) >= 11 is 7.42. The number of thiazole rings is 1. The normalized spacial score (nSPS) is 15.4. The number of carbonyl (C=O) groups excluding carboxylic acids is 1. The Morgan fingerprint density at radius 3 is 2.47 bits per heavy atom. The lowest BCUT2D eigenvalue weighted by atomic mass is 9.96. The molecule has 1 aliphatic heterocycles. The number of methoxy groups -OCH3 is 1. The first-order valence-electron chi connectivity index (χ1n) is 12.6. The van der Waals surface area contributed by atoms with Crippen molar-refractivity contribution >= 4 is 40.7 Å². The Bertz CT molecular complexity index is 1550. The minimum atomic E-state index is -0.691. The van der Waals surface area contributed by atoms with Crippen molar-refractivity contribution in [2.24, 2.45) is 4.99 Å². The highest BCUT2D eigenvalue weighted by Crippen LogP contribution is 2.32. The van der Waals surface area contributed by atoms with E-state index in [9.17, 15) is 9.59 Å². The number of halogens is 1. The fourth-order valence-electron chi connectivity index (χ4n) is 4.57. The summed E-state index contributed by atoms with van der Waals surface area (Å²) in [4.78, 5) is 34.5. The summed E-state index contributed by atoms with van der Waals surface area (Å²) in [5.41, 5.74) is 3.19. The van der Waals surface area contributed by atoms with Gasteiger partial charge in [0.1, 0.15) is 5.75 Å². The van der Waals surface area contributed by atoms with Gasteiger partial charge < -0.3 is 14.4 Å². The molecule has 200 valence electrons. The van der Waals surface area contributed by atoms with E-state index in [2.05, 4.69) is 23.7 Å². The Hall–Kier alpha value is -3.36. The van der Waals surface area contributed by atoms with Gasteiger partial charge >= 0.3 is 5.97 Å². The molecule has 0 aliphatic carbocycles. The fraction of sp³-hybridized carbons (Fsp3) is 0.345. The molecule has 1 aromatic heterocycles. The zero-order chi connectivity index (χ0) is 27.6. The van der Waals surface area contributed by atoms with Crippen LogP contribution in [-0.4, -0.2) is 36.8 Å². The minimum absolute atomic E-state index is 0.245. The van der Waals surface area contributed by atoms with Gasteiger partial charge in [0, 0.05) is 35.4 Å². The first kappa shape index (κ1) is 27.7. The zero-order valence-corrected chi connectivity index (χ0v) is 24.0. The molecule has 0 saturated carbocycles. The molecule has 0 spiro atoms. The molecule has 2 heterocycles. The van der Waals surface area contributed by atoms with Crippen LogP contribution in [0.15, 0.2) is 63.5 Å². The Kier molecular flexibility index (Phi) is 8.43. The van der Waals surface area contributed by atoms with Gasteiger partial charge in [0.2, 0.25) is 0 Å². The molecule has 38 heavy (non-hydrogen) atoms. The van der Waals surface area contributed by atoms with E-state index >= 15 is 0 Å². The van der Waals surface area contributed by atoms with Gasteiger partial charge in [0.15, 0.2) is 4.80 Å². The molecule has 0 N–H and O–H groups in total. The quantitative estimate of drug-likeness (QED) is 0.378. The molecule has 0 bridgehead atoms. The number of fused-ring (bicyclic) bond motifs is 1. The van der Waals surface area contributed by atoms with E-state index in [4.69, 9.17) is 21.1 Å². The van der Waals surface area contributed by atoms with Crippen molar-refractivity contribution in [3.63, 3.8) is 0 Å². The van der Waals surface area contributed by atoms with Gasteiger partial charge in [-0.15, -0.1) is 0 Å². The lowest BCUT2D eigenvalue weighted by Crippen LogP contribution is -2.40. The average molecular weight is 554 g/mol. The molecular formula is C29H32ClN3O4S. The molecule has 4 rings (SSSR count). The molecular weight excluding hydrogens is 522 g/mol. The minimum Gasteiger partial charge on any atom is -0.496 e. The summed E-state index contributed by atoms with van der Waals surface area (Å²) in [6, 6.07) is 12.4. The molecule has 2 aromatic carbocycles. The number of rotatable bonds is 8. The molecule has 3 aromatic rings. The summed E-state index contributed by atoms with van der Waals surface area (Å²) in [6.07, 6.45) is 1.50. The van der Waals surface area contributed by atoms with E-state index in [0.717, 1.165) is 29.9 Å². The predicted molar refractivity (Wildman–Crippen MR) is 153 cm³/mol. The molecule has 0 amide bonds. The summed E-state index contributed by atoms with van der Waals surface area (Å²) < 4.78 is 13.3. The number of benzene rings is 2. The Morgan fingerprint density at radius 1 is 1.18 bits per heavy atom. The second-order valence-corrected chi connectivity index (χ2v) is 10.6. The second-order valence-electron chi connectivity index (χ2n) is 9.19. The van der Waals surface area contributed by atoms with Crippen molar-refractivity contribution in [3.05, 3.63) is 89.6 Å². The number of carbonyl (C=O) groups is 1. The molecule has 1 aliphatic rings. The van der Waals surface area contributed by atoms with Gasteiger partial charge in [0.05, 0.1) is 35.1 Å². The largest absolute Gasteiger partial charge is 0.496 e. The van der Waals surface area contributed by atoms with E-state index in [1.165, 1.54) is 11.3 Å². The maximum absolute atomic E-state index is 13.9. The molecule has 1 unspecified atom stereocenters. The number of nitrogens with zero attached hydrogens (tertiary/aromatic N) is 3. The predicted octanol–water partition coefficient (Wildman–Crippen LogP) is 4.70. The van der Waals surface area contributed by atoms with Crippen LogP contribution in [0.4, 0.5) is 5.69 Å². The third-order valence-corrected chi connectivity index (χ3v) is 7.64.